The molecular formula is C16H20N2O2S. The lowest BCUT2D eigenvalue weighted by Gasteiger charge is -2.08. The molecule has 0 saturated heterocycles. The fourth-order valence-corrected chi connectivity index (χ4v) is 2.69. The molecule has 0 unspecified atom stereocenters. The molecule has 1 aromatic carbocycles. The van der Waals surface area contributed by atoms with Gasteiger partial charge in [-0.15, -0.1) is 11.3 Å². The summed E-state index contributed by atoms with van der Waals surface area (Å²) in [4.78, 5) is 13.2. The van der Waals surface area contributed by atoms with Crippen molar-refractivity contribution < 1.29 is 9.53 Å². The molecule has 2 aromatic rings. The van der Waals surface area contributed by atoms with Gasteiger partial charge in [-0.2, -0.15) is 0 Å². The molecule has 3 N–H and O–H groups in total. The highest BCUT2D eigenvalue weighted by molar-refractivity contribution is 7.09. The van der Waals surface area contributed by atoms with Crippen molar-refractivity contribution in [2.24, 2.45) is 5.73 Å². The van der Waals surface area contributed by atoms with Crippen LogP contribution in [-0.4, -0.2) is 19.1 Å². The molecule has 0 aliphatic heterocycles. The molecule has 0 saturated carbocycles. The van der Waals surface area contributed by atoms with Crippen molar-refractivity contribution in [3.05, 3.63) is 46.7 Å². The van der Waals surface area contributed by atoms with Crippen molar-refractivity contribution >= 4 is 22.9 Å². The van der Waals surface area contributed by atoms with Crippen LogP contribution in [0.15, 0.2) is 41.8 Å². The molecule has 0 fully saturated rings. The second-order valence-electron chi connectivity index (χ2n) is 4.65. The van der Waals surface area contributed by atoms with Gasteiger partial charge < -0.3 is 15.8 Å². The van der Waals surface area contributed by atoms with Gasteiger partial charge in [-0.05, 0) is 36.4 Å². The second-order valence-corrected chi connectivity index (χ2v) is 5.68. The van der Waals surface area contributed by atoms with Crippen molar-refractivity contribution in [2.45, 2.75) is 19.3 Å². The fraction of sp³-hybridized carbons (Fsp3) is 0.312. The molecule has 1 aromatic heterocycles. The molecule has 0 radical (unpaired) electrons. The number of ether oxygens (including phenoxy) is 1. The molecule has 1 amide bonds. The maximum atomic E-state index is 11.9. The minimum absolute atomic E-state index is 0.0301. The Kier molecular flexibility index (Phi) is 6.24. The number of rotatable bonds is 8. The Morgan fingerprint density at radius 1 is 1.29 bits per heavy atom. The normalized spacial score (nSPS) is 10.3. The molecule has 4 nitrogen and oxygen atoms in total. The van der Waals surface area contributed by atoms with Crippen LogP contribution in [0.5, 0.6) is 5.75 Å². The van der Waals surface area contributed by atoms with E-state index in [0.717, 1.165) is 24.3 Å². The highest BCUT2D eigenvalue weighted by Gasteiger charge is 2.04. The summed E-state index contributed by atoms with van der Waals surface area (Å²) in [6, 6.07) is 11.5. The minimum atomic E-state index is 0.0301. The van der Waals surface area contributed by atoms with Crippen LogP contribution >= 0.6 is 11.3 Å². The Morgan fingerprint density at radius 2 is 2.19 bits per heavy atom. The van der Waals surface area contributed by atoms with Gasteiger partial charge in [-0.3, -0.25) is 4.79 Å². The van der Waals surface area contributed by atoms with Crippen LogP contribution in [0.2, 0.25) is 0 Å². The topological polar surface area (TPSA) is 64.3 Å². The molecule has 0 spiro atoms. The molecule has 0 aliphatic rings. The summed E-state index contributed by atoms with van der Waals surface area (Å²) in [5.74, 6) is 0.749. The molecule has 0 bridgehead atoms. The van der Waals surface area contributed by atoms with E-state index in [1.807, 2.05) is 30.3 Å². The van der Waals surface area contributed by atoms with Crippen molar-refractivity contribution in [2.75, 3.05) is 18.5 Å². The molecular weight excluding hydrogens is 284 g/mol. The number of benzene rings is 1. The zero-order chi connectivity index (χ0) is 14.9. The number of thiophene rings is 1. The third-order valence-electron chi connectivity index (χ3n) is 2.91. The first-order valence-corrected chi connectivity index (χ1v) is 7.91. The van der Waals surface area contributed by atoms with Gasteiger partial charge in [0.1, 0.15) is 12.4 Å². The summed E-state index contributed by atoms with van der Waals surface area (Å²) in [6.07, 6.45) is 2.33. The molecule has 1 heterocycles. The van der Waals surface area contributed by atoms with E-state index in [0.29, 0.717) is 19.6 Å². The fourth-order valence-electron chi connectivity index (χ4n) is 1.94. The first-order chi connectivity index (χ1) is 10.3. The number of carbonyl (C=O) groups is 1. The predicted octanol–water partition coefficient (Wildman–Crippen LogP) is 3.05. The van der Waals surface area contributed by atoms with Crippen LogP contribution in [0.1, 0.15) is 17.7 Å². The first kappa shape index (κ1) is 15.5. The zero-order valence-electron chi connectivity index (χ0n) is 11.9. The maximum Gasteiger partial charge on any atom is 0.224 e. The van der Waals surface area contributed by atoms with Crippen LogP contribution in [0.25, 0.3) is 0 Å². The Bertz CT molecular complexity index is 555. The van der Waals surface area contributed by atoms with Gasteiger partial charge in [0.05, 0.1) is 0 Å². The van der Waals surface area contributed by atoms with Gasteiger partial charge in [0.2, 0.25) is 5.91 Å². The summed E-state index contributed by atoms with van der Waals surface area (Å²) in [5.41, 5.74) is 6.15. The molecule has 0 atom stereocenters. The summed E-state index contributed by atoms with van der Waals surface area (Å²) < 4.78 is 5.43. The monoisotopic (exact) mass is 304 g/mol. The summed E-state index contributed by atoms with van der Waals surface area (Å²) >= 11 is 1.73. The van der Waals surface area contributed by atoms with Gasteiger partial charge >= 0.3 is 0 Å². The van der Waals surface area contributed by atoms with E-state index in [-0.39, 0.29) is 5.91 Å². The van der Waals surface area contributed by atoms with Gasteiger partial charge in [0.25, 0.3) is 0 Å². The first-order valence-electron chi connectivity index (χ1n) is 7.03. The van der Waals surface area contributed by atoms with Crippen molar-refractivity contribution in [3.63, 3.8) is 0 Å². The van der Waals surface area contributed by atoms with E-state index >= 15 is 0 Å². The average Bonchev–Trinajstić information content (AvgIpc) is 2.99. The van der Waals surface area contributed by atoms with Gasteiger partial charge in [0.15, 0.2) is 0 Å². The SMILES string of the molecule is NCCOc1cccc(NC(=O)CCCc2cccs2)c1. The number of nitrogens with two attached hydrogens (primary N) is 1. The van der Waals surface area contributed by atoms with Gasteiger partial charge in [0, 0.05) is 29.6 Å². The molecule has 112 valence electrons. The molecule has 2 rings (SSSR count). The standard InChI is InChI=1S/C16H20N2O2S/c17-9-10-20-14-5-1-4-13(12-14)18-16(19)8-2-6-15-7-3-11-21-15/h1,3-5,7,11-12H,2,6,8-10,17H2,(H,18,19). The number of hydrogen-bond acceptors (Lipinski definition) is 4. The van der Waals surface area contributed by atoms with E-state index in [1.54, 1.807) is 11.3 Å². The van der Waals surface area contributed by atoms with E-state index < -0.39 is 0 Å². The van der Waals surface area contributed by atoms with E-state index in [1.165, 1.54) is 4.88 Å². The average molecular weight is 304 g/mol. The predicted molar refractivity (Wildman–Crippen MR) is 86.9 cm³/mol. The van der Waals surface area contributed by atoms with Crippen LogP contribution in [-0.2, 0) is 11.2 Å². The Labute approximate surface area is 128 Å². The van der Waals surface area contributed by atoms with Crippen LogP contribution in [0.3, 0.4) is 0 Å². The van der Waals surface area contributed by atoms with Crippen LogP contribution in [0.4, 0.5) is 5.69 Å². The second kappa shape index (κ2) is 8.44. The summed E-state index contributed by atoms with van der Waals surface area (Å²) in [6.45, 7) is 0.942. The zero-order valence-corrected chi connectivity index (χ0v) is 12.7. The van der Waals surface area contributed by atoms with Crippen molar-refractivity contribution in [1.82, 2.24) is 0 Å². The van der Waals surface area contributed by atoms with Crippen LogP contribution < -0.4 is 15.8 Å². The van der Waals surface area contributed by atoms with E-state index in [2.05, 4.69) is 16.8 Å². The maximum absolute atomic E-state index is 11.9. The van der Waals surface area contributed by atoms with Crippen molar-refractivity contribution in [1.29, 1.82) is 0 Å². The highest BCUT2D eigenvalue weighted by Crippen LogP contribution is 2.18. The van der Waals surface area contributed by atoms with E-state index in [9.17, 15) is 4.79 Å². The van der Waals surface area contributed by atoms with Crippen LogP contribution in [0, 0.1) is 0 Å². The largest absolute Gasteiger partial charge is 0.492 e. The van der Waals surface area contributed by atoms with E-state index in [4.69, 9.17) is 10.5 Å². The number of nitrogens with one attached hydrogen (secondary N) is 1. The smallest absolute Gasteiger partial charge is 0.224 e. The number of amides is 1. The molecule has 5 heteroatoms. The number of carbonyl (C=O) groups excluding carboxylic acids is 1. The van der Waals surface area contributed by atoms with Gasteiger partial charge in [-0.25, -0.2) is 0 Å². The van der Waals surface area contributed by atoms with Crippen molar-refractivity contribution in [3.8, 4) is 5.75 Å². The quantitative estimate of drug-likeness (QED) is 0.788. The summed E-state index contributed by atoms with van der Waals surface area (Å²) in [7, 11) is 0. The Hall–Kier alpha value is -1.85. The molecule has 0 aliphatic carbocycles. The number of anilines is 1. The summed E-state index contributed by atoms with van der Waals surface area (Å²) in [5, 5.41) is 4.95. The molecule has 21 heavy (non-hydrogen) atoms. The lowest BCUT2D eigenvalue weighted by atomic mass is 10.2. The Morgan fingerprint density at radius 3 is 2.95 bits per heavy atom. The van der Waals surface area contributed by atoms with Gasteiger partial charge in [-0.1, -0.05) is 12.1 Å². The Balaban J connectivity index is 1.76. The highest BCUT2D eigenvalue weighted by atomic mass is 32.1. The number of aryl methyl sites for hydroxylation is 1. The lowest BCUT2D eigenvalue weighted by molar-refractivity contribution is -0.116. The minimum Gasteiger partial charge on any atom is -0.492 e. The third-order valence-corrected chi connectivity index (χ3v) is 3.85. The number of hydrogen-bond donors (Lipinski definition) is 2. The lowest BCUT2D eigenvalue weighted by Crippen LogP contribution is -2.12. The third kappa shape index (κ3) is 5.57.